The zero-order chi connectivity index (χ0) is 19.4. The van der Waals surface area contributed by atoms with Gasteiger partial charge in [0.25, 0.3) is 0 Å². The standard InChI is InChI=1S/C24H39BrO2/c1-15(7-12-21(26)27)18-10-11-19-17-9-8-16-6-4-5-13-23(16,2)22(17)20(25)14-24(18,19)3/h15-20,22H,4-14H2,1-3H3,(H,26,27)/t15-,16?,17+,18-,19+,20+,22-,23+,24-/m1/s1. The fraction of sp³-hybridized carbons (Fsp3) is 0.958. The Hall–Kier alpha value is -0.0500. The second-order valence-corrected chi connectivity index (χ2v) is 12.3. The van der Waals surface area contributed by atoms with Crippen LogP contribution in [-0.2, 0) is 4.79 Å². The van der Waals surface area contributed by atoms with Gasteiger partial charge in [-0.15, -0.1) is 0 Å². The summed E-state index contributed by atoms with van der Waals surface area (Å²) in [5, 5.41) is 9.13. The normalized spacial score (nSPS) is 50.4. The van der Waals surface area contributed by atoms with E-state index in [0.29, 0.717) is 33.9 Å². The minimum atomic E-state index is -0.632. The summed E-state index contributed by atoms with van der Waals surface area (Å²) in [6, 6.07) is 0. The molecule has 1 N–H and O–H groups in total. The molecule has 4 saturated carbocycles. The third kappa shape index (κ3) is 3.22. The molecule has 0 radical (unpaired) electrons. The van der Waals surface area contributed by atoms with Crippen LogP contribution in [0, 0.1) is 46.3 Å². The summed E-state index contributed by atoms with van der Waals surface area (Å²) < 4.78 is 0. The molecule has 4 fully saturated rings. The van der Waals surface area contributed by atoms with Gasteiger partial charge in [-0.3, -0.25) is 4.79 Å². The molecule has 0 bridgehead atoms. The summed E-state index contributed by atoms with van der Waals surface area (Å²) in [7, 11) is 0. The molecule has 9 atom stereocenters. The van der Waals surface area contributed by atoms with Crippen molar-refractivity contribution in [1.82, 2.24) is 0 Å². The van der Waals surface area contributed by atoms with Crippen LogP contribution in [0.1, 0.15) is 91.4 Å². The van der Waals surface area contributed by atoms with Gasteiger partial charge in [0.05, 0.1) is 0 Å². The number of halogens is 1. The molecule has 0 amide bonds. The molecule has 0 aromatic rings. The summed E-state index contributed by atoms with van der Waals surface area (Å²) in [5.41, 5.74) is 0.967. The van der Waals surface area contributed by atoms with Crippen molar-refractivity contribution in [2.45, 2.75) is 96.2 Å². The van der Waals surface area contributed by atoms with Gasteiger partial charge in [-0.1, -0.05) is 49.5 Å². The van der Waals surface area contributed by atoms with E-state index in [1.165, 1.54) is 57.8 Å². The van der Waals surface area contributed by atoms with Crippen molar-refractivity contribution < 1.29 is 9.90 Å². The average Bonchev–Trinajstić information content (AvgIpc) is 2.95. The third-order valence-electron chi connectivity index (χ3n) is 10.0. The Morgan fingerprint density at radius 2 is 1.89 bits per heavy atom. The van der Waals surface area contributed by atoms with Gasteiger partial charge in [-0.2, -0.15) is 0 Å². The molecule has 27 heavy (non-hydrogen) atoms. The maximum atomic E-state index is 11.1. The van der Waals surface area contributed by atoms with Crippen molar-refractivity contribution in [2.75, 3.05) is 0 Å². The van der Waals surface area contributed by atoms with Crippen molar-refractivity contribution in [3.63, 3.8) is 0 Å². The van der Waals surface area contributed by atoms with Crippen LogP contribution >= 0.6 is 15.9 Å². The molecule has 0 spiro atoms. The van der Waals surface area contributed by atoms with E-state index in [4.69, 9.17) is 5.11 Å². The van der Waals surface area contributed by atoms with Crippen LogP contribution < -0.4 is 0 Å². The number of carboxylic acids is 1. The molecule has 4 aliphatic rings. The first kappa shape index (κ1) is 20.2. The van der Waals surface area contributed by atoms with Crippen molar-refractivity contribution in [1.29, 1.82) is 0 Å². The van der Waals surface area contributed by atoms with Crippen molar-refractivity contribution in [2.24, 2.45) is 46.3 Å². The average molecular weight is 439 g/mol. The summed E-state index contributed by atoms with van der Waals surface area (Å²) in [6.45, 7) is 7.55. The van der Waals surface area contributed by atoms with Crippen LogP contribution in [0.2, 0.25) is 0 Å². The van der Waals surface area contributed by atoms with E-state index in [1.807, 2.05) is 0 Å². The smallest absolute Gasteiger partial charge is 0.303 e. The number of carboxylic acid groups (broad SMARTS) is 1. The first-order chi connectivity index (χ1) is 12.8. The third-order valence-corrected chi connectivity index (χ3v) is 10.9. The van der Waals surface area contributed by atoms with E-state index in [2.05, 4.69) is 36.7 Å². The van der Waals surface area contributed by atoms with Gasteiger partial charge >= 0.3 is 5.97 Å². The SMILES string of the molecule is C[C@H](CCC(=O)O)[C@H]1CC[C@H]2[C@@H]3CCC4CCCC[C@]4(C)[C@H]3[C@@H](Br)C[C@]12C. The van der Waals surface area contributed by atoms with E-state index in [9.17, 15) is 4.79 Å². The van der Waals surface area contributed by atoms with E-state index in [0.717, 1.165) is 30.1 Å². The van der Waals surface area contributed by atoms with Gasteiger partial charge in [0.1, 0.15) is 0 Å². The molecule has 0 aliphatic heterocycles. The highest BCUT2D eigenvalue weighted by molar-refractivity contribution is 9.09. The Morgan fingerprint density at radius 1 is 1.11 bits per heavy atom. The maximum Gasteiger partial charge on any atom is 0.303 e. The fourth-order valence-electron chi connectivity index (χ4n) is 8.87. The van der Waals surface area contributed by atoms with Gasteiger partial charge in [-0.05, 0) is 97.7 Å². The van der Waals surface area contributed by atoms with Crippen LogP contribution in [0.3, 0.4) is 0 Å². The summed E-state index contributed by atoms with van der Waals surface area (Å²) >= 11 is 4.24. The molecular weight excluding hydrogens is 400 g/mol. The predicted octanol–water partition coefficient (Wildman–Crippen LogP) is 6.91. The number of rotatable bonds is 4. The van der Waals surface area contributed by atoms with Crippen LogP contribution in [-0.4, -0.2) is 15.9 Å². The lowest BCUT2D eigenvalue weighted by Crippen LogP contribution is -2.57. The topological polar surface area (TPSA) is 37.3 Å². The maximum absolute atomic E-state index is 11.1. The zero-order valence-electron chi connectivity index (χ0n) is 17.6. The number of fused-ring (bicyclic) bond motifs is 5. The lowest BCUT2D eigenvalue weighted by Gasteiger charge is -2.62. The van der Waals surface area contributed by atoms with Gasteiger partial charge in [0, 0.05) is 11.2 Å². The van der Waals surface area contributed by atoms with Crippen LogP contribution in [0.5, 0.6) is 0 Å². The monoisotopic (exact) mass is 438 g/mol. The number of aliphatic carboxylic acids is 1. The largest absolute Gasteiger partial charge is 0.481 e. The number of hydrogen-bond donors (Lipinski definition) is 1. The van der Waals surface area contributed by atoms with E-state index in [-0.39, 0.29) is 0 Å². The van der Waals surface area contributed by atoms with Crippen molar-refractivity contribution in [3.8, 4) is 0 Å². The molecule has 4 aliphatic carbocycles. The van der Waals surface area contributed by atoms with Gasteiger partial charge in [0.15, 0.2) is 0 Å². The van der Waals surface area contributed by atoms with Crippen molar-refractivity contribution in [3.05, 3.63) is 0 Å². The van der Waals surface area contributed by atoms with Crippen LogP contribution in [0.15, 0.2) is 0 Å². The molecule has 0 saturated heterocycles. The van der Waals surface area contributed by atoms with Gasteiger partial charge < -0.3 is 5.11 Å². The number of carbonyl (C=O) groups is 1. The molecule has 0 aromatic heterocycles. The molecule has 0 heterocycles. The zero-order valence-corrected chi connectivity index (χ0v) is 19.1. The highest BCUT2D eigenvalue weighted by atomic mass is 79.9. The molecule has 4 rings (SSSR count). The lowest BCUT2D eigenvalue weighted by molar-refractivity contribution is -0.137. The molecule has 3 heteroatoms. The molecule has 1 unspecified atom stereocenters. The summed E-state index contributed by atoms with van der Waals surface area (Å²) in [6.07, 6.45) is 13.9. The number of hydrogen-bond acceptors (Lipinski definition) is 1. The fourth-order valence-corrected chi connectivity index (χ4v) is 10.6. The highest BCUT2D eigenvalue weighted by Gasteiger charge is 2.62. The quantitative estimate of drug-likeness (QED) is 0.483. The Labute approximate surface area is 174 Å². The second kappa shape index (κ2) is 7.33. The minimum absolute atomic E-state index is 0.335. The lowest BCUT2D eigenvalue weighted by atomic mass is 9.44. The van der Waals surface area contributed by atoms with E-state index < -0.39 is 5.97 Å². The second-order valence-electron chi connectivity index (χ2n) is 11.1. The first-order valence-electron chi connectivity index (χ1n) is 11.6. The molecule has 0 aromatic carbocycles. The van der Waals surface area contributed by atoms with Crippen molar-refractivity contribution >= 4 is 21.9 Å². The first-order valence-corrected chi connectivity index (χ1v) is 12.5. The van der Waals surface area contributed by atoms with Crippen LogP contribution in [0.4, 0.5) is 0 Å². The predicted molar refractivity (Wildman–Crippen MR) is 114 cm³/mol. The molecular formula is C24H39BrO2. The Kier molecular flexibility index (Phi) is 5.49. The van der Waals surface area contributed by atoms with Gasteiger partial charge in [-0.25, -0.2) is 0 Å². The Morgan fingerprint density at radius 3 is 2.63 bits per heavy atom. The highest BCUT2D eigenvalue weighted by Crippen LogP contribution is 2.69. The Bertz CT molecular complexity index is 577. The van der Waals surface area contributed by atoms with Crippen LogP contribution in [0.25, 0.3) is 0 Å². The summed E-state index contributed by atoms with van der Waals surface area (Å²) in [4.78, 5) is 11.7. The summed E-state index contributed by atoms with van der Waals surface area (Å²) in [5.74, 6) is 4.20. The van der Waals surface area contributed by atoms with E-state index >= 15 is 0 Å². The van der Waals surface area contributed by atoms with Gasteiger partial charge in [0.2, 0.25) is 0 Å². The number of alkyl halides is 1. The molecule has 154 valence electrons. The molecule has 2 nitrogen and oxygen atoms in total. The van der Waals surface area contributed by atoms with E-state index in [1.54, 1.807) is 0 Å². The minimum Gasteiger partial charge on any atom is -0.481 e. The Balaban J connectivity index is 1.57.